The van der Waals surface area contributed by atoms with Gasteiger partial charge < -0.3 is 9.64 Å². The fraction of sp³-hybridized carbons (Fsp3) is 0.474. The fourth-order valence-electron chi connectivity index (χ4n) is 2.81. The van der Waals surface area contributed by atoms with Crippen molar-refractivity contribution in [2.24, 2.45) is 0 Å². The second-order valence-corrected chi connectivity index (χ2v) is 9.95. The number of ether oxygens (including phenoxy) is 1. The lowest BCUT2D eigenvalue weighted by Crippen LogP contribution is -2.25. The number of nitrogens with zero attached hydrogens (tertiary/aromatic N) is 3. The predicted octanol–water partition coefficient (Wildman–Crippen LogP) is 3.08. The Bertz CT molecular complexity index is 926. The maximum absolute atomic E-state index is 12.1. The van der Waals surface area contributed by atoms with Crippen molar-refractivity contribution in [1.29, 1.82) is 0 Å². The largest absolute Gasteiger partial charge is 0.378 e. The van der Waals surface area contributed by atoms with Crippen LogP contribution >= 0.6 is 23.5 Å². The van der Waals surface area contributed by atoms with Gasteiger partial charge in [0.1, 0.15) is 10.7 Å². The zero-order valence-corrected chi connectivity index (χ0v) is 19.0. The van der Waals surface area contributed by atoms with E-state index in [2.05, 4.69) is 26.8 Å². The smallest absolute Gasteiger partial charge is 0.297 e. The second-order valence-electron chi connectivity index (χ2n) is 6.72. The molecule has 2 heterocycles. The van der Waals surface area contributed by atoms with Gasteiger partial charge in [-0.2, -0.15) is 17.2 Å². The van der Waals surface area contributed by atoms with E-state index < -0.39 is 10.1 Å². The number of benzene rings is 1. The molecule has 1 aliphatic heterocycles. The summed E-state index contributed by atoms with van der Waals surface area (Å²) >= 11 is 2.83. The lowest BCUT2D eigenvalue weighted by molar-refractivity contribution is 0.114. The Morgan fingerprint density at radius 1 is 1.17 bits per heavy atom. The topological polar surface area (TPSA) is 81.6 Å². The molecule has 0 aliphatic carbocycles. The molecular formula is C19H25N3O4S3. The molecule has 0 unspecified atom stereocenters. The summed E-state index contributed by atoms with van der Waals surface area (Å²) in [6, 6.07) is 6.57. The number of hydrogen-bond donors (Lipinski definition) is 0. The first-order chi connectivity index (χ1) is 14.0. The van der Waals surface area contributed by atoms with Gasteiger partial charge in [0.15, 0.2) is 0 Å². The number of rotatable bonds is 10. The Morgan fingerprint density at radius 3 is 2.72 bits per heavy atom. The molecule has 1 aromatic heterocycles. The van der Waals surface area contributed by atoms with Crippen molar-refractivity contribution in [3.05, 3.63) is 41.6 Å². The first kappa shape index (κ1) is 22.4. The van der Waals surface area contributed by atoms with Crippen LogP contribution in [0.3, 0.4) is 0 Å². The highest BCUT2D eigenvalue weighted by atomic mass is 32.2. The molecule has 3 rings (SSSR count). The van der Waals surface area contributed by atoms with Gasteiger partial charge in [0.05, 0.1) is 36.4 Å². The van der Waals surface area contributed by atoms with E-state index in [9.17, 15) is 8.42 Å². The summed E-state index contributed by atoms with van der Waals surface area (Å²) < 4.78 is 43.6. The van der Waals surface area contributed by atoms with Crippen LogP contribution in [0.25, 0.3) is 5.57 Å². The summed E-state index contributed by atoms with van der Waals surface area (Å²) in [5, 5.41) is 0.929. The molecule has 7 nitrogen and oxygen atoms in total. The molecule has 0 amide bonds. The molecule has 29 heavy (non-hydrogen) atoms. The van der Waals surface area contributed by atoms with Gasteiger partial charge in [-0.1, -0.05) is 23.8 Å². The minimum atomic E-state index is -3.74. The minimum absolute atomic E-state index is 0.0103. The van der Waals surface area contributed by atoms with Gasteiger partial charge >= 0.3 is 0 Å². The molecule has 0 N–H and O–H groups in total. The van der Waals surface area contributed by atoms with E-state index in [-0.39, 0.29) is 18.1 Å². The Kier molecular flexibility index (Phi) is 8.22. The second kappa shape index (κ2) is 10.6. The van der Waals surface area contributed by atoms with Crippen molar-refractivity contribution < 1.29 is 17.3 Å². The summed E-state index contributed by atoms with van der Waals surface area (Å²) in [5.41, 5.74) is 3.19. The molecule has 0 atom stereocenters. The van der Waals surface area contributed by atoms with Crippen LogP contribution in [0.2, 0.25) is 0 Å². The predicted molar refractivity (Wildman–Crippen MR) is 116 cm³/mol. The molecule has 158 valence electrons. The van der Waals surface area contributed by atoms with Crippen molar-refractivity contribution in [3.8, 4) is 0 Å². The molecule has 1 aromatic carbocycles. The quantitative estimate of drug-likeness (QED) is 0.307. The molecule has 0 saturated heterocycles. The van der Waals surface area contributed by atoms with Crippen molar-refractivity contribution in [2.45, 2.75) is 23.3 Å². The third kappa shape index (κ3) is 6.59. The molecule has 0 fully saturated rings. The van der Waals surface area contributed by atoms with Crippen LogP contribution in [0.5, 0.6) is 0 Å². The SMILES string of the molecule is Cc1ccc(S(=O)(=O)OCCOCCSc2nsnc2C2=CCCN(C)C2)cc1. The monoisotopic (exact) mass is 455 g/mol. The zero-order chi connectivity index (χ0) is 20.7. The lowest BCUT2D eigenvalue weighted by Gasteiger charge is -2.22. The van der Waals surface area contributed by atoms with Gasteiger partial charge in [-0.3, -0.25) is 4.18 Å². The average Bonchev–Trinajstić information content (AvgIpc) is 3.16. The number of thioether (sulfide) groups is 1. The van der Waals surface area contributed by atoms with Gasteiger partial charge in [0.25, 0.3) is 10.1 Å². The Balaban J connectivity index is 1.36. The number of hydrogen-bond acceptors (Lipinski definition) is 9. The van der Waals surface area contributed by atoms with Crippen LogP contribution < -0.4 is 0 Å². The van der Waals surface area contributed by atoms with E-state index >= 15 is 0 Å². The highest BCUT2D eigenvalue weighted by molar-refractivity contribution is 7.99. The number of aryl methyl sites for hydroxylation is 1. The van der Waals surface area contributed by atoms with E-state index in [1.165, 1.54) is 17.3 Å². The van der Waals surface area contributed by atoms with E-state index in [0.29, 0.717) is 12.4 Å². The first-order valence-electron chi connectivity index (χ1n) is 9.33. The van der Waals surface area contributed by atoms with Gasteiger partial charge in [0, 0.05) is 18.8 Å². The Morgan fingerprint density at radius 2 is 1.97 bits per heavy atom. The molecule has 0 radical (unpaired) electrons. The normalized spacial score (nSPS) is 15.4. The summed E-state index contributed by atoms with van der Waals surface area (Å²) in [6.45, 7) is 4.54. The van der Waals surface area contributed by atoms with Crippen LogP contribution in [-0.2, 0) is 19.0 Å². The average molecular weight is 456 g/mol. The highest BCUT2D eigenvalue weighted by Gasteiger charge is 2.18. The zero-order valence-electron chi connectivity index (χ0n) is 16.5. The maximum atomic E-state index is 12.1. The van der Waals surface area contributed by atoms with Gasteiger partial charge in [-0.15, -0.1) is 11.8 Å². The summed E-state index contributed by atoms with van der Waals surface area (Å²) in [5.74, 6) is 0.715. The van der Waals surface area contributed by atoms with Crippen LogP contribution in [0.4, 0.5) is 0 Å². The third-order valence-corrected chi connectivity index (χ3v) is 7.25. The lowest BCUT2D eigenvalue weighted by atomic mass is 10.1. The standard InChI is InChI=1S/C19H25N3O4S3/c1-15-5-7-17(8-6-15)29(23,24)26-11-10-25-12-13-27-19-18(20-28-21-19)16-4-3-9-22(2)14-16/h4-8H,3,9-14H2,1-2H3. The van der Waals surface area contributed by atoms with Crippen LogP contribution in [-0.4, -0.2) is 67.8 Å². The van der Waals surface area contributed by atoms with Crippen LogP contribution in [0.1, 0.15) is 17.7 Å². The first-order valence-corrected chi connectivity index (χ1v) is 12.5. The summed E-state index contributed by atoms with van der Waals surface area (Å²) in [4.78, 5) is 2.43. The van der Waals surface area contributed by atoms with Gasteiger partial charge in [-0.25, -0.2) is 0 Å². The van der Waals surface area contributed by atoms with Crippen LogP contribution in [0.15, 0.2) is 40.3 Å². The van der Waals surface area contributed by atoms with Crippen molar-refractivity contribution >= 4 is 39.2 Å². The van der Waals surface area contributed by atoms with Crippen molar-refractivity contribution in [3.63, 3.8) is 0 Å². The number of likely N-dealkylation sites (N-methyl/N-ethyl adjacent to an activating group) is 1. The van der Waals surface area contributed by atoms with Crippen molar-refractivity contribution in [1.82, 2.24) is 13.6 Å². The van der Waals surface area contributed by atoms with E-state index in [1.807, 2.05) is 6.92 Å². The molecule has 0 bridgehead atoms. The Labute approximate surface area is 180 Å². The minimum Gasteiger partial charge on any atom is -0.378 e. The van der Waals surface area contributed by atoms with E-state index in [4.69, 9.17) is 8.92 Å². The summed E-state index contributed by atoms with van der Waals surface area (Å²) in [7, 11) is -1.63. The Hall–Kier alpha value is -1.30. The molecule has 10 heteroatoms. The van der Waals surface area contributed by atoms with Gasteiger partial charge in [-0.05, 0) is 38.1 Å². The van der Waals surface area contributed by atoms with E-state index in [0.717, 1.165) is 35.8 Å². The van der Waals surface area contributed by atoms with Crippen molar-refractivity contribution in [2.75, 3.05) is 45.7 Å². The van der Waals surface area contributed by atoms with Crippen LogP contribution in [0, 0.1) is 6.92 Å². The third-order valence-electron chi connectivity index (χ3n) is 4.35. The fourth-order valence-corrected chi connectivity index (χ4v) is 5.27. The number of aromatic nitrogens is 2. The van der Waals surface area contributed by atoms with E-state index in [1.54, 1.807) is 36.0 Å². The maximum Gasteiger partial charge on any atom is 0.297 e. The molecule has 1 aliphatic rings. The molecule has 0 saturated carbocycles. The highest BCUT2D eigenvalue weighted by Crippen LogP contribution is 2.28. The molecule has 0 spiro atoms. The van der Waals surface area contributed by atoms with Gasteiger partial charge in [0.2, 0.25) is 0 Å². The molecular weight excluding hydrogens is 430 g/mol. The molecule has 2 aromatic rings. The summed E-state index contributed by atoms with van der Waals surface area (Å²) in [6.07, 6.45) is 3.27.